The molecule has 21 heavy (non-hydrogen) atoms. The molecule has 2 unspecified atom stereocenters. The van der Waals surface area contributed by atoms with Gasteiger partial charge in [0, 0.05) is 13.1 Å². The van der Waals surface area contributed by atoms with E-state index in [4.69, 9.17) is 0 Å². The Morgan fingerprint density at radius 3 is 2.76 bits per heavy atom. The molecule has 2 N–H and O–H groups in total. The molecule has 0 spiro atoms. The lowest BCUT2D eigenvalue weighted by Crippen LogP contribution is -2.47. The first-order valence-corrected chi connectivity index (χ1v) is 6.74. The molecule has 1 aromatic heterocycles. The number of hydrogen-bond acceptors (Lipinski definition) is 5. The van der Waals surface area contributed by atoms with Crippen molar-refractivity contribution in [1.82, 2.24) is 9.88 Å². The lowest BCUT2D eigenvalue weighted by atomic mass is 9.91. The first-order valence-electron chi connectivity index (χ1n) is 6.74. The molecule has 1 saturated carbocycles. The molecule has 0 bridgehead atoms. The molecular formula is C13H17N3O5. The zero-order valence-corrected chi connectivity index (χ0v) is 11.6. The number of aliphatic hydroxyl groups is 1. The maximum Gasteiger partial charge on any atom is 0.286 e. The zero-order chi connectivity index (χ0) is 15.6. The second-order valence-electron chi connectivity index (χ2n) is 5.19. The van der Waals surface area contributed by atoms with E-state index >= 15 is 0 Å². The highest BCUT2D eigenvalue weighted by Gasteiger charge is 2.31. The predicted octanol–water partition coefficient (Wildman–Crippen LogP) is 0.659. The number of aromatic nitrogens is 1. The molecule has 8 heteroatoms. The molecule has 1 heterocycles. The summed E-state index contributed by atoms with van der Waals surface area (Å²) in [6, 6.07) is 0.595. The number of aliphatic hydroxyl groups excluding tert-OH is 1. The van der Waals surface area contributed by atoms with Crippen LogP contribution in [0.2, 0.25) is 0 Å². The predicted molar refractivity (Wildman–Crippen MR) is 74.1 cm³/mol. The van der Waals surface area contributed by atoms with Crippen LogP contribution in [0.25, 0.3) is 0 Å². The summed E-state index contributed by atoms with van der Waals surface area (Å²) in [5.41, 5.74) is -1.32. The third-order valence-corrected chi connectivity index (χ3v) is 3.84. The Bertz CT molecular complexity index is 612. The number of pyridine rings is 1. The number of amides is 1. The minimum absolute atomic E-state index is 0.288. The van der Waals surface area contributed by atoms with Gasteiger partial charge < -0.3 is 15.0 Å². The van der Waals surface area contributed by atoms with Crippen molar-refractivity contribution in [2.75, 3.05) is 7.05 Å². The molecule has 0 radical (unpaired) electrons. The number of nitro groups is 1. The highest BCUT2D eigenvalue weighted by molar-refractivity contribution is 5.94. The molecule has 1 amide bonds. The summed E-state index contributed by atoms with van der Waals surface area (Å²) in [5, 5.41) is 20.7. The van der Waals surface area contributed by atoms with E-state index in [1.54, 1.807) is 0 Å². The Morgan fingerprint density at radius 2 is 2.14 bits per heavy atom. The number of nitrogens with zero attached hydrogens (tertiary/aromatic N) is 2. The summed E-state index contributed by atoms with van der Waals surface area (Å²) in [4.78, 5) is 37.6. The molecule has 0 saturated heterocycles. The quantitative estimate of drug-likeness (QED) is 0.627. The second kappa shape index (κ2) is 6.04. The SMILES string of the molecule is CN(C(=O)c1cc([N+](=O)[O-])c[nH]c1=O)C1CCCCC1O. The van der Waals surface area contributed by atoms with Crippen molar-refractivity contribution in [1.29, 1.82) is 0 Å². The Hall–Kier alpha value is -2.22. The average molecular weight is 295 g/mol. The molecule has 1 aliphatic rings. The molecule has 2 rings (SSSR count). The van der Waals surface area contributed by atoms with Crippen LogP contribution >= 0.6 is 0 Å². The van der Waals surface area contributed by atoms with E-state index in [0.29, 0.717) is 12.8 Å². The standard InChI is InChI=1S/C13H17N3O5/c1-15(10-4-2-3-5-11(10)17)13(19)9-6-8(16(20)21)7-14-12(9)18/h6-7,10-11,17H,2-5H2,1H3,(H,14,18). The molecule has 8 nitrogen and oxygen atoms in total. The Balaban J connectivity index is 2.28. The van der Waals surface area contributed by atoms with Crippen LogP contribution in [0.4, 0.5) is 5.69 Å². The molecule has 1 fully saturated rings. The zero-order valence-electron chi connectivity index (χ0n) is 11.6. The highest BCUT2D eigenvalue weighted by Crippen LogP contribution is 2.23. The largest absolute Gasteiger partial charge is 0.391 e. The smallest absolute Gasteiger partial charge is 0.286 e. The summed E-state index contributed by atoms with van der Waals surface area (Å²) in [6.45, 7) is 0. The summed E-state index contributed by atoms with van der Waals surface area (Å²) in [6.07, 6.45) is 3.37. The molecular weight excluding hydrogens is 278 g/mol. The Labute approximate surface area is 120 Å². The van der Waals surface area contributed by atoms with E-state index in [2.05, 4.69) is 4.98 Å². The third-order valence-electron chi connectivity index (χ3n) is 3.84. The highest BCUT2D eigenvalue weighted by atomic mass is 16.6. The maximum absolute atomic E-state index is 12.4. The van der Waals surface area contributed by atoms with E-state index in [1.807, 2.05) is 0 Å². The van der Waals surface area contributed by atoms with Crippen molar-refractivity contribution < 1.29 is 14.8 Å². The van der Waals surface area contributed by atoms with Crippen LogP contribution in [0.5, 0.6) is 0 Å². The van der Waals surface area contributed by atoms with E-state index in [0.717, 1.165) is 25.1 Å². The van der Waals surface area contributed by atoms with Gasteiger partial charge in [0.2, 0.25) is 0 Å². The molecule has 0 aliphatic heterocycles. The van der Waals surface area contributed by atoms with Gasteiger partial charge >= 0.3 is 0 Å². The van der Waals surface area contributed by atoms with Crippen molar-refractivity contribution in [2.24, 2.45) is 0 Å². The number of aromatic amines is 1. The van der Waals surface area contributed by atoms with Crippen LogP contribution in [-0.2, 0) is 0 Å². The van der Waals surface area contributed by atoms with E-state index < -0.39 is 22.5 Å². The molecule has 114 valence electrons. The number of carbonyl (C=O) groups excluding carboxylic acids is 1. The van der Waals surface area contributed by atoms with Gasteiger partial charge in [-0.1, -0.05) is 12.8 Å². The number of carbonyl (C=O) groups is 1. The van der Waals surface area contributed by atoms with Crippen LogP contribution in [-0.4, -0.2) is 45.0 Å². The van der Waals surface area contributed by atoms with Crippen molar-refractivity contribution in [3.63, 3.8) is 0 Å². The first-order chi connectivity index (χ1) is 9.91. The summed E-state index contributed by atoms with van der Waals surface area (Å²) in [7, 11) is 1.50. The minimum Gasteiger partial charge on any atom is -0.391 e. The van der Waals surface area contributed by atoms with Gasteiger partial charge in [-0.05, 0) is 12.8 Å². The molecule has 1 aromatic rings. The number of rotatable bonds is 3. The van der Waals surface area contributed by atoms with Crippen LogP contribution in [0.1, 0.15) is 36.0 Å². The average Bonchev–Trinajstić information content (AvgIpc) is 2.46. The lowest BCUT2D eigenvalue weighted by molar-refractivity contribution is -0.385. The van der Waals surface area contributed by atoms with Gasteiger partial charge in [0.1, 0.15) is 5.56 Å². The topological polar surface area (TPSA) is 117 Å². The fourth-order valence-corrected chi connectivity index (χ4v) is 2.62. The van der Waals surface area contributed by atoms with Crippen LogP contribution < -0.4 is 5.56 Å². The van der Waals surface area contributed by atoms with Gasteiger partial charge in [0.15, 0.2) is 0 Å². The van der Waals surface area contributed by atoms with E-state index in [1.165, 1.54) is 11.9 Å². The normalized spacial score (nSPS) is 21.8. The van der Waals surface area contributed by atoms with Gasteiger partial charge in [-0.25, -0.2) is 0 Å². The number of nitrogens with one attached hydrogen (secondary N) is 1. The lowest BCUT2D eigenvalue weighted by Gasteiger charge is -2.35. The Kier molecular flexibility index (Phi) is 4.37. The van der Waals surface area contributed by atoms with E-state index in [-0.39, 0.29) is 17.3 Å². The maximum atomic E-state index is 12.4. The van der Waals surface area contributed by atoms with Gasteiger partial charge in [-0.15, -0.1) is 0 Å². The van der Waals surface area contributed by atoms with Crippen LogP contribution in [0.3, 0.4) is 0 Å². The van der Waals surface area contributed by atoms with Gasteiger partial charge in [-0.2, -0.15) is 0 Å². The molecule has 0 aromatic carbocycles. The van der Waals surface area contributed by atoms with Crippen molar-refractivity contribution in [3.05, 3.63) is 38.3 Å². The first kappa shape index (κ1) is 15.2. The summed E-state index contributed by atoms with van der Waals surface area (Å²) < 4.78 is 0. The van der Waals surface area contributed by atoms with Gasteiger partial charge in [0.05, 0.1) is 23.3 Å². The monoisotopic (exact) mass is 295 g/mol. The summed E-state index contributed by atoms with van der Waals surface area (Å²) in [5.74, 6) is -0.620. The number of H-pyrrole nitrogens is 1. The minimum atomic E-state index is -0.678. The van der Waals surface area contributed by atoms with Crippen LogP contribution in [0, 0.1) is 10.1 Å². The third kappa shape index (κ3) is 3.10. The second-order valence-corrected chi connectivity index (χ2v) is 5.19. The fourth-order valence-electron chi connectivity index (χ4n) is 2.62. The Morgan fingerprint density at radius 1 is 1.48 bits per heavy atom. The van der Waals surface area contributed by atoms with Gasteiger partial charge in [-0.3, -0.25) is 19.7 Å². The van der Waals surface area contributed by atoms with Crippen LogP contribution in [0.15, 0.2) is 17.1 Å². The van der Waals surface area contributed by atoms with E-state index in [9.17, 15) is 24.8 Å². The number of likely N-dealkylation sites (N-methyl/N-ethyl adjacent to an activating group) is 1. The van der Waals surface area contributed by atoms with Crippen molar-refractivity contribution in [3.8, 4) is 0 Å². The number of hydrogen-bond donors (Lipinski definition) is 2. The van der Waals surface area contributed by atoms with Gasteiger partial charge in [0.25, 0.3) is 17.2 Å². The molecule has 2 atom stereocenters. The molecule has 1 aliphatic carbocycles. The van der Waals surface area contributed by atoms with Crippen molar-refractivity contribution >= 4 is 11.6 Å². The van der Waals surface area contributed by atoms with Crippen molar-refractivity contribution in [2.45, 2.75) is 37.8 Å². The fraction of sp³-hybridized carbons (Fsp3) is 0.538. The summed E-state index contributed by atoms with van der Waals surface area (Å²) >= 11 is 0.